The van der Waals surface area contributed by atoms with Gasteiger partial charge in [0.2, 0.25) is 5.91 Å². The molecule has 2 N–H and O–H groups in total. The normalized spacial score (nSPS) is 17.5. The molecule has 0 radical (unpaired) electrons. The summed E-state index contributed by atoms with van der Waals surface area (Å²) in [4.78, 5) is 22.0. The predicted octanol–water partition coefficient (Wildman–Crippen LogP) is 0.146. The van der Waals surface area contributed by atoms with Crippen LogP contribution in [0.25, 0.3) is 0 Å². The van der Waals surface area contributed by atoms with Crippen LogP contribution >= 0.6 is 0 Å². The number of rotatable bonds is 6. The van der Waals surface area contributed by atoms with Crippen molar-refractivity contribution in [2.45, 2.75) is 31.2 Å². The fourth-order valence-electron chi connectivity index (χ4n) is 1.22. The third kappa shape index (κ3) is 2.70. The van der Waals surface area contributed by atoms with Gasteiger partial charge in [0.05, 0.1) is 0 Å². The van der Waals surface area contributed by atoms with Gasteiger partial charge in [0.1, 0.15) is 5.54 Å². The molecule has 1 saturated carbocycles. The number of carboxylic acids is 1. The lowest BCUT2D eigenvalue weighted by Crippen LogP contribution is -2.43. The van der Waals surface area contributed by atoms with Crippen LogP contribution in [0.3, 0.4) is 0 Å². The molecule has 1 aliphatic rings. The highest BCUT2D eigenvalue weighted by atomic mass is 16.5. The second-order valence-electron chi connectivity index (χ2n) is 3.53. The van der Waals surface area contributed by atoms with Crippen molar-refractivity contribution in [1.82, 2.24) is 5.32 Å². The van der Waals surface area contributed by atoms with Gasteiger partial charge in [-0.3, -0.25) is 4.79 Å². The molecular weight excluding hydrogens is 186 g/mol. The van der Waals surface area contributed by atoms with Crippen LogP contribution in [0, 0.1) is 0 Å². The maximum Gasteiger partial charge on any atom is 0.329 e. The van der Waals surface area contributed by atoms with Crippen LogP contribution in [0.4, 0.5) is 0 Å². The molecule has 1 fully saturated rings. The Labute approximate surface area is 82.4 Å². The highest BCUT2D eigenvalue weighted by Gasteiger charge is 2.51. The number of amides is 1. The van der Waals surface area contributed by atoms with Gasteiger partial charge in [-0.2, -0.15) is 0 Å². The summed E-state index contributed by atoms with van der Waals surface area (Å²) >= 11 is 0. The van der Waals surface area contributed by atoms with Crippen molar-refractivity contribution in [3.63, 3.8) is 0 Å². The molecule has 0 aliphatic heterocycles. The largest absolute Gasteiger partial charge is 0.480 e. The van der Waals surface area contributed by atoms with Gasteiger partial charge < -0.3 is 15.2 Å². The summed E-state index contributed by atoms with van der Waals surface area (Å²) in [6.45, 7) is 0.521. The van der Waals surface area contributed by atoms with Gasteiger partial charge >= 0.3 is 5.97 Å². The van der Waals surface area contributed by atoms with Crippen LogP contribution in [0.5, 0.6) is 0 Å². The first-order valence-electron chi connectivity index (χ1n) is 4.64. The van der Waals surface area contributed by atoms with E-state index in [-0.39, 0.29) is 5.91 Å². The van der Waals surface area contributed by atoms with E-state index in [9.17, 15) is 9.59 Å². The number of aliphatic carboxylic acids is 1. The van der Waals surface area contributed by atoms with E-state index < -0.39 is 11.5 Å². The number of carbonyl (C=O) groups is 2. The Morgan fingerprint density at radius 2 is 2.14 bits per heavy atom. The van der Waals surface area contributed by atoms with E-state index >= 15 is 0 Å². The lowest BCUT2D eigenvalue weighted by Gasteiger charge is -2.11. The highest BCUT2D eigenvalue weighted by Crippen LogP contribution is 2.35. The van der Waals surface area contributed by atoms with Crippen molar-refractivity contribution in [1.29, 1.82) is 0 Å². The molecule has 0 aromatic heterocycles. The molecule has 0 heterocycles. The summed E-state index contributed by atoms with van der Waals surface area (Å²) < 4.78 is 4.79. The van der Waals surface area contributed by atoms with Crippen LogP contribution in [0.2, 0.25) is 0 Å². The summed E-state index contributed by atoms with van der Waals surface area (Å²) in [5.41, 5.74) is -0.954. The number of hydrogen-bond donors (Lipinski definition) is 2. The Bertz CT molecular complexity index is 235. The molecule has 1 amide bonds. The second kappa shape index (κ2) is 4.41. The fraction of sp³-hybridized carbons (Fsp3) is 0.778. The molecule has 0 spiro atoms. The molecule has 0 bridgehead atoms. The quantitative estimate of drug-likeness (QED) is 0.600. The SMILES string of the molecule is COCCCC(=O)NC1(C(=O)O)CC1. The molecule has 5 nitrogen and oxygen atoms in total. The van der Waals surface area contributed by atoms with Gasteiger partial charge in [0.25, 0.3) is 0 Å². The van der Waals surface area contributed by atoms with Gasteiger partial charge in [-0.15, -0.1) is 0 Å². The number of carboxylic acid groups (broad SMARTS) is 1. The van der Waals surface area contributed by atoms with Gasteiger partial charge in [0, 0.05) is 20.1 Å². The lowest BCUT2D eigenvalue weighted by molar-refractivity contribution is -0.143. The van der Waals surface area contributed by atoms with Gasteiger partial charge in [-0.1, -0.05) is 0 Å². The smallest absolute Gasteiger partial charge is 0.329 e. The van der Waals surface area contributed by atoms with Crippen molar-refractivity contribution in [2.75, 3.05) is 13.7 Å². The topological polar surface area (TPSA) is 75.6 Å². The van der Waals surface area contributed by atoms with Gasteiger partial charge in [-0.05, 0) is 19.3 Å². The average Bonchev–Trinajstić information content (AvgIpc) is 2.86. The van der Waals surface area contributed by atoms with Crippen molar-refractivity contribution in [3.8, 4) is 0 Å². The first kappa shape index (κ1) is 11.0. The Kier molecular flexibility index (Phi) is 3.46. The minimum absolute atomic E-state index is 0.207. The molecule has 0 aromatic carbocycles. The van der Waals surface area contributed by atoms with Crippen molar-refractivity contribution in [2.24, 2.45) is 0 Å². The minimum atomic E-state index is -0.954. The van der Waals surface area contributed by atoms with Crippen molar-refractivity contribution >= 4 is 11.9 Å². The Morgan fingerprint density at radius 3 is 2.57 bits per heavy atom. The number of hydrogen-bond acceptors (Lipinski definition) is 3. The van der Waals surface area contributed by atoms with Crippen LogP contribution in [-0.4, -0.2) is 36.2 Å². The molecule has 1 rings (SSSR count). The van der Waals surface area contributed by atoms with Crippen molar-refractivity contribution < 1.29 is 19.4 Å². The molecule has 0 atom stereocenters. The molecule has 80 valence electrons. The maximum atomic E-state index is 11.2. The van der Waals surface area contributed by atoms with Gasteiger partial charge in [-0.25, -0.2) is 4.79 Å². The van der Waals surface area contributed by atoms with E-state index in [4.69, 9.17) is 9.84 Å². The third-order valence-corrected chi connectivity index (χ3v) is 2.29. The van der Waals surface area contributed by atoms with E-state index in [0.717, 1.165) is 0 Å². The summed E-state index contributed by atoms with van der Waals surface area (Å²) in [5.74, 6) is -1.14. The van der Waals surface area contributed by atoms with Crippen LogP contribution < -0.4 is 5.32 Å². The number of carbonyl (C=O) groups excluding carboxylic acids is 1. The average molecular weight is 201 g/mol. The van der Waals surface area contributed by atoms with E-state index in [1.165, 1.54) is 0 Å². The lowest BCUT2D eigenvalue weighted by atomic mass is 10.2. The Morgan fingerprint density at radius 1 is 1.50 bits per heavy atom. The Balaban J connectivity index is 2.24. The predicted molar refractivity (Wildman–Crippen MR) is 48.9 cm³/mol. The second-order valence-corrected chi connectivity index (χ2v) is 3.53. The minimum Gasteiger partial charge on any atom is -0.480 e. The van der Waals surface area contributed by atoms with Crippen LogP contribution in [0.1, 0.15) is 25.7 Å². The summed E-state index contributed by atoms with van der Waals surface area (Å²) in [6.07, 6.45) is 2.03. The molecule has 0 aromatic rings. The Hall–Kier alpha value is -1.10. The zero-order chi connectivity index (χ0) is 10.6. The monoisotopic (exact) mass is 201 g/mol. The first-order valence-corrected chi connectivity index (χ1v) is 4.64. The summed E-state index contributed by atoms with van der Waals surface area (Å²) in [7, 11) is 1.57. The summed E-state index contributed by atoms with van der Waals surface area (Å²) in [5, 5.41) is 11.3. The fourth-order valence-corrected chi connectivity index (χ4v) is 1.22. The van der Waals surface area contributed by atoms with E-state index in [1.54, 1.807) is 7.11 Å². The molecule has 5 heteroatoms. The molecule has 0 saturated heterocycles. The van der Waals surface area contributed by atoms with Crippen LogP contribution in [0.15, 0.2) is 0 Å². The zero-order valence-corrected chi connectivity index (χ0v) is 8.21. The van der Waals surface area contributed by atoms with Gasteiger partial charge in [0.15, 0.2) is 0 Å². The van der Waals surface area contributed by atoms with E-state index in [2.05, 4.69) is 5.32 Å². The highest BCUT2D eigenvalue weighted by molar-refractivity contribution is 5.89. The molecule has 0 unspecified atom stereocenters. The van der Waals surface area contributed by atoms with E-state index in [1.807, 2.05) is 0 Å². The number of ether oxygens (including phenoxy) is 1. The third-order valence-electron chi connectivity index (χ3n) is 2.29. The zero-order valence-electron chi connectivity index (χ0n) is 8.21. The maximum absolute atomic E-state index is 11.2. The first-order chi connectivity index (χ1) is 6.60. The number of methoxy groups -OCH3 is 1. The molecule has 14 heavy (non-hydrogen) atoms. The van der Waals surface area contributed by atoms with Crippen molar-refractivity contribution in [3.05, 3.63) is 0 Å². The standard InChI is InChI=1S/C9H15NO4/c1-14-6-2-3-7(11)10-9(4-5-9)8(12)13/h2-6H2,1H3,(H,10,11)(H,12,13). The summed E-state index contributed by atoms with van der Waals surface area (Å²) in [6, 6.07) is 0. The molecule has 1 aliphatic carbocycles. The van der Waals surface area contributed by atoms with E-state index in [0.29, 0.717) is 32.3 Å². The molecular formula is C9H15NO4. The van der Waals surface area contributed by atoms with Crippen LogP contribution in [-0.2, 0) is 14.3 Å². The number of nitrogens with one attached hydrogen (secondary N) is 1.